The van der Waals surface area contributed by atoms with E-state index in [4.69, 9.17) is 16.3 Å². The first-order chi connectivity index (χ1) is 9.36. The molecule has 0 saturated carbocycles. The molecule has 0 spiro atoms. The topological polar surface area (TPSA) is 22.1 Å². The van der Waals surface area contributed by atoms with Gasteiger partial charge in [0.15, 0.2) is 0 Å². The first-order valence-corrected chi connectivity index (χ1v) is 5.95. The smallest absolute Gasteiger partial charge is 0.487 e. The Morgan fingerprint density at radius 1 is 1.14 bits per heavy atom. The van der Waals surface area contributed by atoms with Crippen molar-refractivity contribution >= 4 is 24.0 Å². The van der Waals surface area contributed by atoms with Gasteiger partial charge in [0, 0.05) is 6.20 Å². The molecule has 0 N–H and O–H groups in total. The predicted molar refractivity (Wildman–Crippen MR) is 68.7 cm³/mol. The minimum atomic E-state index is -5.12. The van der Waals surface area contributed by atoms with Crippen molar-refractivity contribution in [3.05, 3.63) is 53.1 Å². The van der Waals surface area contributed by atoms with Gasteiger partial charge in [-0.25, -0.2) is 4.39 Å². The number of pyridine rings is 1. The molecule has 2 rings (SSSR count). The molecule has 1 heterocycles. The Labute approximate surface area is 166 Å². The van der Waals surface area contributed by atoms with E-state index in [9.17, 15) is 17.3 Å². The molecule has 0 saturated heterocycles. The Morgan fingerprint density at radius 2 is 1.86 bits per heavy atom. The zero-order chi connectivity index (χ0) is 14.8. The van der Waals surface area contributed by atoms with E-state index < -0.39 is 18.3 Å². The third-order valence-electron chi connectivity index (χ3n) is 2.50. The van der Waals surface area contributed by atoms with Crippen molar-refractivity contribution in [1.82, 2.24) is 4.98 Å². The molecule has 1 aromatic carbocycles. The van der Waals surface area contributed by atoms with Gasteiger partial charge in [-0.3, -0.25) is 4.98 Å². The van der Waals surface area contributed by atoms with E-state index in [1.54, 1.807) is 0 Å². The number of rotatable bonds is 4. The molecule has 0 aliphatic rings. The number of hydrogen-bond donors (Lipinski definition) is 0. The number of hydrogen-bond acceptors (Lipinski definition) is 2. The zero-order valence-corrected chi connectivity index (χ0v) is 14.9. The molecule has 0 bridgehead atoms. The number of halogens is 5. The largest absolute Gasteiger partial charge is 1.00 e. The average molecular weight is 344 g/mol. The van der Waals surface area contributed by atoms with Crippen molar-refractivity contribution in [2.75, 3.05) is 0 Å². The van der Waals surface area contributed by atoms with E-state index in [0.29, 0.717) is 5.56 Å². The van der Waals surface area contributed by atoms with Gasteiger partial charge in [0.1, 0.15) is 18.2 Å². The van der Waals surface area contributed by atoms with Crippen molar-refractivity contribution < 1.29 is 73.5 Å². The van der Waals surface area contributed by atoms with E-state index in [1.165, 1.54) is 18.3 Å². The fourth-order valence-corrected chi connectivity index (χ4v) is 1.69. The van der Waals surface area contributed by atoms with Crippen LogP contribution in [0.4, 0.5) is 17.3 Å². The maximum Gasteiger partial charge on any atom is 1.00 e. The van der Waals surface area contributed by atoms with Gasteiger partial charge >= 0.3 is 58.4 Å². The summed E-state index contributed by atoms with van der Waals surface area (Å²) in [6, 6.07) is 4.82. The molecule has 0 fully saturated rings. The second kappa shape index (κ2) is 7.94. The van der Waals surface area contributed by atoms with E-state index in [2.05, 4.69) is 4.98 Å². The summed E-state index contributed by atoms with van der Waals surface area (Å²) >= 11 is 5.59. The maximum atomic E-state index is 12.9. The van der Waals surface area contributed by atoms with Gasteiger partial charge in [0.25, 0.3) is 0 Å². The molecule has 106 valence electrons. The van der Waals surface area contributed by atoms with Crippen molar-refractivity contribution in [2.45, 2.75) is 6.61 Å². The van der Waals surface area contributed by atoms with Crippen LogP contribution in [0.2, 0.25) is 5.02 Å². The molecule has 21 heavy (non-hydrogen) atoms. The minimum Gasteiger partial charge on any atom is -0.487 e. The Morgan fingerprint density at radius 3 is 2.48 bits per heavy atom. The average Bonchev–Trinajstić information content (AvgIpc) is 2.39. The van der Waals surface area contributed by atoms with Gasteiger partial charge in [-0.2, -0.15) is 0 Å². The normalized spacial score (nSPS) is 10.9. The van der Waals surface area contributed by atoms with Gasteiger partial charge in [-0.15, -0.1) is 0 Å². The second-order valence-corrected chi connectivity index (χ2v) is 4.47. The molecular formula is C12H8BClF4KNO. The van der Waals surface area contributed by atoms with Gasteiger partial charge in [0.05, 0.1) is 11.2 Å². The molecule has 0 atom stereocenters. The van der Waals surface area contributed by atoms with E-state index >= 15 is 0 Å². The van der Waals surface area contributed by atoms with Crippen LogP contribution in [0.3, 0.4) is 0 Å². The molecule has 9 heteroatoms. The van der Waals surface area contributed by atoms with Gasteiger partial charge in [-0.1, -0.05) is 23.1 Å². The van der Waals surface area contributed by atoms with E-state index in [-0.39, 0.29) is 68.8 Å². The third-order valence-corrected chi connectivity index (χ3v) is 2.79. The minimum absolute atomic E-state index is 0. The SMILES string of the molecule is Fc1ccc(COc2cncc([B-](F)(F)F)c2)cc1Cl.[K+]. The molecule has 0 radical (unpaired) electrons. The van der Waals surface area contributed by atoms with Crippen LogP contribution in [0.5, 0.6) is 5.75 Å². The molecule has 2 aromatic rings. The molecule has 0 unspecified atom stereocenters. The van der Waals surface area contributed by atoms with Crippen LogP contribution in [0.25, 0.3) is 0 Å². The summed E-state index contributed by atoms with van der Waals surface area (Å²) < 4.78 is 55.7. The van der Waals surface area contributed by atoms with E-state index in [0.717, 1.165) is 18.3 Å². The van der Waals surface area contributed by atoms with Crippen molar-refractivity contribution in [3.8, 4) is 5.75 Å². The van der Waals surface area contributed by atoms with Crippen molar-refractivity contribution in [1.29, 1.82) is 0 Å². The van der Waals surface area contributed by atoms with Gasteiger partial charge < -0.3 is 17.7 Å². The predicted octanol–water partition coefficient (Wildman–Crippen LogP) is 0.511. The summed E-state index contributed by atoms with van der Waals surface area (Å²) in [6.07, 6.45) is 1.91. The quantitative estimate of drug-likeness (QED) is 0.596. The van der Waals surface area contributed by atoms with Crippen LogP contribution in [0, 0.1) is 5.82 Å². The summed E-state index contributed by atoms with van der Waals surface area (Å²) in [5.74, 6) is -0.582. The number of ether oxygens (including phenoxy) is 1. The zero-order valence-electron chi connectivity index (χ0n) is 11.0. The Balaban J connectivity index is 0.00000220. The van der Waals surface area contributed by atoms with Crippen LogP contribution >= 0.6 is 11.6 Å². The fourth-order valence-electron chi connectivity index (χ4n) is 1.49. The van der Waals surface area contributed by atoms with Crippen molar-refractivity contribution in [2.24, 2.45) is 0 Å². The Kier molecular flexibility index (Phi) is 7.16. The summed E-state index contributed by atoms with van der Waals surface area (Å²) in [7, 11) is 0. The second-order valence-electron chi connectivity index (χ2n) is 4.07. The monoisotopic (exact) mass is 343 g/mol. The first kappa shape index (κ1) is 18.9. The summed E-state index contributed by atoms with van der Waals surface area (Å²) in [4.78, 5) is 3.48. The van der Waals surface area contributed by atoms with Crippen LogP contribution in [-0.4, -0.2) is 12.0 Å². The third kappa shape index (κ3) is 5.54. The van der Waals surface area contributed by atoms with Crippen LogP contribution in [-0.2, 0) is 6.61 Å². The number of benzene rings is 1. The molecule has 0 aliphatic carbocycles. The fraction of sp³-hybridized carbons (Fsp3) is 0.0833. The number of nitrogens with zero attached hydrogens (tertiary/aromatic N) is 1. The number of aromatic nitrogens is 1. The Hall–Kier alpha value is -0.119. The van der Waals surface area contributed by atoms with Gasteiger partial charge in [-0.05, 0) is 23.8 Å². The Bertz CT molecular complexity index is 626. The maximum absolute atomic E-state index is 12.9. The molecular weight excluding hydrogens is 335 g/mol. The standard InChI is InChI=1S/C12H8BClF4NO.K/c14-11-3-8(1-2-12(11)15)7-20-10-4-9(5-19-6-10)13(16,17)18;/h1-6H,7H2;/q-1;+1. The van der Waals surface area contributed by atoms with E-state index in [1.807, 2.05) is 0 Å². The first-order valence-electron chi connectivity index (χ1n) is 5.58. The molecule has 0 amide bonds. The van der Waals surface area contributed by atoms with Crippen LogP contribution < -0.4 is 61.6 Å². The van der Waals surface area contributed by atoms with Gasteiger partial charge in [0.2, 0.25) is 0 Å². The summed E-state index contributed by atoms with van der Waals surface area (Å²) in [6.45, 7) is -5.15. The molecule has 2 nitrogen and oxygen atoms in total. The summed E-state index contributed by atoms with van der Waals surface area (Å²) in [5, 5.41) is -0.0726. The van der Waals surface area contributed by atoms with Crippen molar-refractivity contribution in [3.63, 3.8) is 0 Å². The summed E-state index contributed by atoms with van der Waals surface area (Å²) in [5.41, 5.74) is -0.293. The molecule has 1 aromatic heterocycles. The van der Waals surface area contributed by atoms with Crippen LogP contribution in [0.1, 0.15) is 5.56 Å². The molecule has 0 aliphatic heterocycles. The van der Waals surface area contributed by atoms with Crippen LogP contribution in [0.15, 0.2) is 36.7 Å².